The molecule has 0 radical (unpaired) electrons. The molecule has 5 nitrogen and oxygen atoms in total. The summed E-state index contributed by atoms with van der Waals surface area (Å²) in [6.07, 6.45) is 4.57. The van der Waals surface area contributed by atoms with Gasteiger partial charge in [0.05, 0.1) is 6.61 Å². The molecule has 5 heteroatoms. The molecule has 0 spiro atoms. The summed E-state index contributed by atoms with van der Waals surface area (Å²) in [5, 5.41) is 7.35. The van der Waals surface area contributed by atoms with Crippen LogP contribution >= 0.6 is 0 Å². The summed E-state index contributed by atoms with van der Waals surface area (Å²) in [5.74, 6) is 1.74. The number of nitrogens with zero attached hydrogens (tertiary/aromatic N) is 3. The van der Waals surface area contributed by atoms with Gasteiger partial charge in [-0.05, 0) is 30.4 Å². The molecule has 1 fully saturated rings. The van der Waals surface area contributed by atoms with Crippen LogP contribution in [0.3, 0.4) is 0 Å². The number of fused-ring (bicyclic) bond motifs is 1. The molecular formula is C18H24N4O. The van der Waals surface area contributed by atoms with Crippen LogP contribution in [0.2, 0.25) is 0 Å². The average Bonchev–Trinajstić information content (AvgIpc) is 3.11. The monoisotopic (exact) mass is 312 g/mol. The van der Waals surface area contributed by atoms with Gasteiger partial charge in [0.1, 0.15) is 11.9 Å². The molecule has 2 aromatic rings. The van der Waals surface area contributed by atoms with E-state index in [1.54, 1.807) is 0 Å². The first-order valence-corrected chi connectivity index (χ1v) is 8.69. The lowest BCUT2D eigenvalue weighted by Crippen LogP contribution is -2.42. The molecule has 1 N–H and O–H groups in total. The highest BCUT2D eigenvalue weighted by molar-refractivity contribution is 5.32. The zero-order valence-corrected chi connectivity index (χ0v) is 13.7. The lowest BCUT2D eigenvalue weighted by atomic mass is 9.86. The fourth-order valence-corrected chi connectivity index (χ4v) is 3.83. The Morgan fingerprint density at radius 1 is 1.35 bits per heavy atom. The molecule has 2 heterocycles. The van der Waals surface area contributed by atoms with Gasteiger partial charge in [0.15, 0.2) is 5.82 Å². The molecular weight excluding hydrogens is 288 g/mol. The topological polar surface area (TPSA) is 54.0 Å². The predicted molar refractivity (Wildman–Crippen MR) is 88.1 cm³/mol. The molecule has 1 aliphatic carbocycles. The van der Waals surface area contributed by atoms with Gasteiger partial charge in [-0.25, -0.2) is 4.98 Å². The SMILES string of the molecule is CCc1nc(C2CN(C3CCCc4ccccc43)CCO2)n[nH]1. The summed E-state index contributed by atoms with van der Waals surface area (Å²) in [6.45, 7) is 4.69. The maximum Gasteiger partial charge on any atom is 0.180 e. The average molecular weight is 312 g/mol. The fourth-order valence-electron chi connectivity index (χ4n) is 3.83. The first-order valence-electron chi connectivity index (χ1n) is 8.69. The quantitative estimate of drug-likeness (QED) is 0.947. The number of hydrogen-bond acceptors (Lipinski definition) is 4. The van der Waals surface area contributed by atoms with Crippen molar-refractivity contribution in [1.82, 2.24) is 20.1 Å². The molecule has 1 aromatic carbocycles. The number of nitrogens with one attached hydrogen (secondary N) is 1. The van der Waals surface area contributed by atoms with Crippen molar-refractivity contribution >= 4 is 0 Å². The zero-order valence-electron chi connectivity index (χ0n) is 13.7. The van der Waals surface area contributed by atoms with Crippen molar-refractivity contribution in [3.63, 3.8) is 0 Å². The molecule has 0 amide bonds. The van der Waals surface area contributed by atoms with Crippen LogP contribution in [-0.2, 0) is 17.6 Å². The number of ether oxygens (including phenoxy) is 1. The second-order valence-electron chi connectivity index (χ2n) is 6.46. The van der Waals surface area contributed by atoms with E-state index in [-0.39, 0.29) is 6.10 Å². The standard InChI is InChI=1S/C18H24N4O/c1-2-17-19-18(21-20-17)16-12-22(10-11-23-16)15-9-5-7-13-6-3-4-8-14(13)15/h3-4,6,8,15-16H,2,5,7,9-12H2,1H3,(H,19,20,21). The van der Waals surface area contributed by atoms with Crippen LogP contribution < -0.4 is 0 Å². The lowest BCUT2D eigenvalue weighted by molar-refractivity contribution is -0.0516. The van der Waals surface area contributed by atoms with Gasteiger partial charge in [0.25, 0.3) is 0 Å². The van der Waals surface area contributed by atoms with Gasteiger partial charge in [-0.3, -0.25) is 10.00 Å². The first kappa shape index (κ1) is 14.8. The number of hydrogen-bond donors (Lipinski definition) is 1. The van der Waals surface area contributed by atoms with Crippen molar-refractivity contribution in [2.45, 2.75) is 44.8 Å². The van der Waals surface area contributed by atoms with Gasteiger partial charge in [0.2, 0.25) is 0 Å². The maximum absolute atomic E-state index is 5.94. The normalized spacial score (nSPS) is 25.3. The highest BCUT2D eigenvalue weighted by Gasteiger charge is 2.32. The van der Waals surface area contributed by atoms with E-state index in [0.29, 0.717) is 6.04 Å². The molecule has 0 bridgehead atoms. The second-order valence-corrected chi connectivity index (χ2v) is 6.46. The summed E-state index contributed by atoms with van der Waals surface area (Å²) in [7, 11) is 0. The first-order chi connectivity index (χ1) is 11.3. The van der Waals surface area contributed by atoms with Gasteiger partial charge < -0.3 is 4.74 Å². The highest BCUT2D eigenvalue weighted by Crippen LogP contribution is 2.36. The van der Waals surface area contributed by atoms with Gasteiger partial charge in [-0.1, -0.05) is 31.2 Å². The van der Waals surface area contributed by atoms with E-state index in [2.05, 4.69) is 51.3 Å². The Labute approximate surface area is 137 Å². The van der Waals surface area contributed by atoms with E-state index in [4.69, 9.17) is 4.74 Å². The number of morpholine rings is 1. The Morgan fingerprint density at radius 2 is 2.26 bits per heavy atom. The van der Waals surface area contributed by atoms with Crippen molar-refractivity contribution in [3.05, 3.63) is 47.0 Å². The molecule has 1 saturated heterocycles. The third-order valence-corrected chi connectivity index (χ3v) is 5.05. The Balaban J connectivity index is 1.54. The Bertz CT molecular complexity index is 669. The molecule has 1 aromatic heterocycles. The van der Waals surface area contributed by atoms with Crippen molar-refractivity contribution < 1.29 is 4.74 Å². The number of aromatic amines is 1. The number of aromatic nitrogens is 3. The van der Waals surface area contributed by atoms with Crippen molar-refractivity contribution in [1.29, 1.82) is 0 Å². The predicted octanol–water partition coefficient (Wildman–Crippen LogP) is 2.82. The number of H-pyrrole nitrogens is 1. The van der Waals surface area contributed by atoms with Gasteiger partial charge in [0, 0.05) is 25.6 Å². The van der Waals surface area contributed by atoms with Gasteiger partial charge in [-0.2, -0.15) is 5.10 Å². The minimum atomic E-state index is -0.0191. The Morgan fingerprint density at radius 3 is 3.13 bits per heavy atom. The molecule has 4 rings (SSSR count). The molecule has 2 unspecified atom stereocenters. The zero-order chi connectivity index (χ0) is 15.6. The van der Waals surface area contributed by atoms with E-state index in [1.165, 1.54) is 30.4 Å². The van der Waals surface area contributed by atoms with E-state index >= 15 is 0 Å². The summed E-state index contributed by atoms with van der Waals surface area (Å²) in [4.78, 5) is 7.12. The van der Waals surface area contributed by atoms with Crippen molar-refractivity contribution in [2.24, 2.45) is 0 Å². The molecule has 0 saturated carbocycles. The highest BCUT2D eigenvalue weighted by atomic mass is 16.5. The lowest BCUT2D eigenvalue weighted by Gasteiger charge is -2.40. The third kappa shape index (κ3) is 2.91. The fraction of sp³-hybridized carbons (Fsp3) is 0.556. The van der Waals surface area contributed by atoms with Crippen LogP contribution in [0, 0.1) is 0 Å². The summed E-state index contributed by atoms with van der Waals surface area (Å²) in [5.41, 5.74) is 3.02. The molecule has 1 aliphatic heterocycles. The van der Waals surface area contributed by atoms with Crippen LogP contribution in [0.25, 0.3) is 0 Å². The Hall–Kier alpha value is -1.72. The van der Waals surface area contributed by atoms with E-state index in [1.807, 2.05) is 0 Å². The molecule has 2 atom stereocenters. The molecule has 122 valence electrons. The van der Waals surface area contributed by atoms with Crippen LogP contribution in [0.15, 0.2) is 24.3 Å². The second kappa shape index (κ2) is 6.42. The third-order valence-electron chi connectivity index (χ3n) is 5.05. The number of benzene rings is 1. The van der Waals surface area contributed by atoms with Crippen molar-refractivity contribution in [2.75, 3.05) is 19.7 Å². The van der Waals surface area contributed by atoms with Crippen LogP contribution in [0.1, 0.15) is 54.7 Å². The van der Waals surface area contributed by atoms with E-state index < -0.39 is 0 Å². The van der Waals surface area contributed by atoms with E-state index in [0.717, 1.165) is 37.8 Å². The summed E-state index contributed by atoms with van der Waals surface area (Å²) in [6, 6.07) is 9.41. The van der Waals surface area contributed by atoms with Crippen LogP contribution in [-0.4, -0.2) is 39.8 Å². The summed E-state index contributed by atoms with van der Waals surface area (Å²) < 4.78 is 5.94. The van der Waals surface area contributed by atoms with Crippen molar-refractivity contribution in [3.8, 4) is 0 Å². The van der Waals surface area contributed by atoms with Crippen LogP contribution in [0.4, 0.5) is 0 Å². The summed E-state index contributed by atoms with van der Waals surface area (Å²) >= 11 is 0. The van der Waals surface area contributed by atoms with Gasteiger partial charge >= 0.3 is 0 Å². The van der Waals surface area contributed by atoms with Crippen LogP contribution in [0.5, 0.6) is 0 Å². The minimum Gasteiger partial charge on any atom is -0.367 e. The number of aryl methyl sites for hydroxylation is 2. The molecule has 2 aliphatic rings. The minimum absolute atomic E-state index is 0.0191. The maximum atomic E-state index is 5.94. The Kier molecular flexibility index (Phi) is 4.14. The van der Waals surface area contributed by atoms with Gasteiger partial charge in [-0.15, -0.1) is 0 Å². The largest absolute Gasteiger partial charge is 0.367 e. The molecule has 23 heavy (non-hydrogen) atoms. The van der Waals surface area contributed by atoms with E-state index in [9.17, 15) is 0 Å². The number of rotatable bonds is 3. The smallest absolute Gasteiger partial charge is 0.180 e.